The number of hydrogen-bond acceptors (Lipinski definition) is 9. The van der Waals surface area contributed by atoms with Crippen molar-refractivity contribution in [1.82, 2.24) is 19.6 Å². The van der Waals surface area contributed by atoms with Gasteiger partial charge in [0.05, 0.1) is 26.2 Å². The van der Waals surface area contributed by atoms with Crippen molar-refractivity contribution >= 4 is 24.0 Å². The number of nitrogens with two attached hydrogens (primary N) is 1. The molecule has 0 radical (unpaired) electrons. The first-order chi connectivity index (χ1) is 18.3. The van der Waals surface area contributed by atoms with Crippen LogP contribution >= 0.6 is 0 Å². The molecule has 3 saturated heterocycles. The van der Waals surface area contributed by atoms with Gasteiger partial charge in [-0.2, -0.15) is 0 Å². The second kappa shape index (κ2) is 15.1. The van der Waals surface area contributed by atoms with E-state index in [-0.39, 0.29) is 37.8 Å². The standard InChI is InChI=1S/C26H46N6O6/c1-3-36-23(33)17-22(24(34)37-4-2)30-15-13-29(14-16-30)18-21-19-32(26(35)38-21)10-6-5-7-20-8-11-31(12-9-20)25(27)28/h20-22H,3-19H2,1-2H3,(H3,27,28). The summed E-state index contributed by atoms with van der Waals surface area (Å²) < 4.78 is 15.9. The van der Waals surface area contributed by atoms with Gasteiger partial charge in [-0.3, -0.25) is 24.8 Å². The molecular formula is C26H46N6O6. The number of piperidine rings is 1. The SMILES string of the molecule is CCOC(=O)CC(C(=O)OCC)N1CCN(CC2CN(CCCCC3CCN(C(=N)N)CC3)C(=O)O2)CC1. The largest absolute Gasteiger partial charge is 0.466 e. The Morgan fingerprint density at radius 2 is 1.74 bits per heavy atom. The van der Waals surface area contributed by atoms with Gasteiger partial charge in [0.1, 0.15) is 12.1 Å². The highest BCUT2D eigenvalue weighted by Gasteiger charge is 2.35. The highest BCUT2D eigenvalue weighted by atomic mass is 16.6. The number of carbonyl (C=O) groups excluding carboxylic acids is 3. The number of carbonyl (C=O) groups is 3. The topological polar surface area (TPSA) is 142 Å². The average Bonchev–Trinajstić information content (AvgIpc) is 3.24. The van der Waals surface area contributed by atoms with Crippen LogP contribution in [0.25, 0.3) is 0 Å². The number of esters is 2. The van der Waals surface area contributed by atoms with E-state index in [1.807, 2.05) is 14.7 Å². The van der Waals surface area contributed by atoms with Crippen molar-refractivity contribution in [3.05, 3.63) is 0 Å². The minimum atomic E-state index is -0.641. The zero-order chi connectivity index (χ0) is 27.5. The van der Waals surface area contributed by atoms with Crippen LogP contribution in [-0.4, -0.2) is 128 Å². The van der Waals surface area contributed by atoms with E-state index in [0.29, 0.717) is 38.6 Å². The molecule has 0 aromatic rings. The molecule has 0 aromatic carbocycles. The van der Waals surface area contributed by atoms with Gasteiger partial charge in [-0.1, -0.05) is 12.8 Å². The third-order valence-corrected chi connectivity index (χ3v) is 7.73. The van der Waals surface area contributed by atoms with Crippen LogP contribution in [0.2, 0.25) is 0 Å². The fraction of sp³-hybridized carbons (Fsp3) is 0.846. The van der Waals surface area contributed by atoms with Gasteiger partial charge in [-0.05, 0) is 39.0 Å². The van der Waals surface area contributed by atoms with Crippen LogP contribution in [0.5, 0.6) is 0 Å². The summed E-state index contributed by atoms with van der Waals surface area (Å²) in [5.41, 5.74) is 5.57. The van der Waals surface area contributed by atoms with E-state index < -0.39 is 18.0 Å². The number of likely N-dealkylation sites (tertiary alicyclic amines) is 1. The van der Waals surface area contributed by atoms with Crippen LogP contribution < -0.4 is 5.73 Å². The minimum absolute atomic E-state index is 0.0144. The number of hydrogen-bond donors (Lipinski definition) is 2. The molecule has 2 atom stereocenters. The lowest BCUT2D eigenvalue weighted by Crippen LogP contribution is -2.54. The molecule has 3 N–H and O–H groups in total. The molecule has 1 amide bonds. The number of ether oxygens (including phenoxy) is 3. The summed E-state index contributed by atoms with van der Waals surface area (Å²) in [5.74, 6) is 0.0470. The van der Waals surface area contributed by atoms with Crippen LogP contribution in [0, 0.1) is 11.3 Å². The van der Waals surface area contributed by atoms with E-state index in [1.54, 1.807) is 13.8 Å². The molecule has 0 bridgehead atoms. The molecule has 3 rings (SSSR count). The Morgan fingerprint density at radius 3 is 2.37 bits per heavy atom. The van der Waals surface area contributed by atoms with Crippen LogP contribution in [0.3, 0.4) is 0 Å². The number of piperazine rings is 1. The minimum Gasteiger partial charge on any atom is -0.466 e. The Balaban J connectivity index is 1.34. The molecule has 0 saturated carbocycles. The fourth-order valence-corrected chi connectivity index (χ4v) is 5.57. The normalized spacial score (nSPS) is 22.3. The van der Waals surface area contributed by atoms with Gasteiger partial charge in [-0.15, -0.1) is 0 Å². The van der Waals surface area contributed by atoms with Crippen molar-refractivity contribution in [2.75, 3.05) is 72.1 Å². The monoisotopic (exact) mass is 538 g/mol. The van der Waals surface area contributed by atoms with Crippen molar-refractivity contribution in [1.29, 1.82) is 5.41 Å². The first kappa shape index (κ1) is 29.9. The second-order valence-electron chi connectivity index (χ2n) is 10.4. The molecule has 12 nitrogen and oxygen atoms in total. The smallest absolute Gasteiger partial charge is 0.410 e. The van der Waals surface area contributed by atoms with Crippen LogP contribution in [0.1, 0.15) is 52.4 Å². The molecule has 216 valence electrons. The molecule has 3 fully saturated rings. The Labute approximate surface area is 226 Å². The Kier molecular flexibility index (Phi) is 11.9. The predicted octanol–water partition coefficient (Wildman–Crippen LogP) is 1.09. The van der Waals surface area contributed by atoms with E-state index in [9.17, 15) is 14.4 Å². The van der Waals surface area contributed by atoms with E-state index in [4.69, 9.17) is 25.4 Å². The number of cyclic esters (lactones) is 1. The molecule has 38 heavy (non-hydrogen) atoms. The highest BCUT2D eigenvalue weighted by Crippen LogP contribution is 2.23. The maximum atomic E-state index is 12.5. The highest BCUT2D eigenvalue weighted by molar-refractivity contribution is 5.82. The molecule has 12 heteroatoms. The van der Waals surface area contributed by atoms with Gasteiger partial charge in [0, 0.05) is 52.4 Å². The number of nitrogens with zero attached hydrogens (tertiary/aromatic N) is 4. The summed E-state index contributed by atoms with van der Waals surface area (Å²) in [4.78, 5) is 44.9. The van der Waals surface area contributed by atoms with Gasteiger partial charge in [0.2, 0.25) is 0 Å². The van der Waals surface area contributed by atoms with Gasteiger partial charge in [0.15, 0.2) is 5.96 Å². The predicted molar refractivity (Wildman–Crippen MR) is 142 cm³/mol. The molecule has 0 aromatic heterocycles. The zero-order valence-electron chi connectivity index (χ0n) is 23.1. The maximum Gasteiger partial charge on any atom is 0.410 e. The fourth-order valence-electron chi connectivity index (χ4n) is 5.57. The maximum absolute atomic E-state index is 12.5. The summed E-state index contributed by atoms with van der Waals surface area (Å²) in [6, 6.07) is -0.641. The molecule has 0 spiro atoms. The average molecular weight is 539 g/mol. The summed E-state index contributed by atoms with van der Waals surface area (Å²) >= 11 is 0. The zero-order valence-corrected chi connectivity index (χ0v) is 23.1. The van der Waals surface area contributed by atoms with E-state index in [2.05, 4.69) is 4.90 Å². The quantitative estimate of drug-likeness (QED) is 0.115. The molecule has 2 unspecified atom stereocenters. The second-order valence-corrected chi connectivity index (χ2v) is 10.4. The third kappa shape index (κ3) is 9.00. The van der Waals surface area contributed by atoms with Crippen LogP contribution in [-0.2, 0) is 23.8 Å². The summed E-state index contributed by atoms with van der Waals surface area (Å²) in [6.07, 6.45) is 4.92. The number of rotatable bonds is 13. The number of unbranched alkanes of at least 4 members (excludes halogenated alkanes) is 1. The van der Waals surface area contributed by atoms with E-state index in [0.717, 1.165) is 58.3 Å². The first-order valence-electron chi connectivity index (χ1n) is 14.1. The van der Waals surface area contributed by atoms with Crippen molar-refractivity contribution in [2.45, 2.75) is 64.5 Å². The van der Waals surface area contributed by atoms with Gasteiger partial charge >= 0.3 is 18.0 Å². The molecule has 3 aliphatic rings. The van der Waals surface area contributed by atoms with Crippen LogP contribution in [0.4, 0.5) is 4.79 Å². The molecule has 3 aliphatic heterocycles. The van der Waals surface area contributed by atoms with Crippen molar-refractivity contribution in [3.8, 4) is 0 Å². The summed E-state index contributed by atoms with van der Waals surface area (Å²) in [7, 11) is 0. The summed E-state index contributed by atoms with van der Waals surface area (Å²) in [6.45, 7) is 10.4. The van der Waals surface area contributed by atoms with Crippen LogP contribution in [0.15, 0.2) is 0 Å². The van der Waals surface area contributed by atoms with Gasteiger partial charge in [-0.25, -0.2) is 4.79 Å². The van der Waals surface area contributed by atoms with Crippen molar-refractivity contribution in [2.24, 2.45) is 11.7 Å². The number of nitrogens with one attached hydrogen (secondary N) is 1. The first-order valence-corrected chi connectivity index (χ1v) is 14.1. The Hall–Kier alpha value is -2.60. The Morgan fingerprint density at radius 1 is 1.05 bits per heavy atom. The number of amides is 1. The lowest BCUT2D eigenvalue weighted by Gasteiger charge is -2.38. The van der Waals surface area contributed by atoms with E-state index >= 15 is 0 Å². The number of guanidine groups is 1. The van der Waals surface area contributed by atoms with Gasteiger partial charge in [0.25, 0.3) is 0 Å². The molecule has 3 heterocycles. The van der Waals surface area contributed by atoms with Crippen molar-refractivity contribution < 1.29 is 28.6 Å². The van der Waals surface area contributed by atoms with E-state index in [1.165, 1.54) is 0 Å². The van der Waals surface area contributed by atoms with Gasteiger partial charge < -0.3 is 29.7 Å². The summed E-state index contributed by atoms with van der Waals surface area (Å²) in [5, 5.41) is 7.54. The molecule has 0 aliphatic carbocycles. The lowest BCUT2D eigenvalue weighted by atomic mass is 9.91. The molecular weight excluding hydrogens is 492 g/mol. The van der Waals surface area contributed by atoms with Crippen molar-refractivity contribution in [3.63, 3.8) is 0 Å². The Bertz CT molecular complexity index is 797. The third-order valence-electron chi connectivity index (χ3n) is 7.73. The lowest BCUT2D eigenvalue weighted by molar-refractivity contribution is -0.157.